The second kappa shape index (κ2) is 9.23. The highest BCUT2D eigenvalue weighted by Gasteiger charge is 2.15. The van der Waals surface area contributed by atoms with Crippen molar-refractivity contribution in [3.8, 4) is 17.1 Å². The zero-order valence-electron chi connectivity index (χ0n) is 18.8. The summed E-state index contributed by atoms with van der Waals surface area (Å²) in [6.07, 6.45) is 7.18. The van der Waals surface area contributed by atoms with Crippen LogP contribution in [0, 0.1) is 13.8 Å². The van der Waals surface area contributed by atoms with Crippen molar-refractivity contribution in [3.05, 3.63) is 71.8 Å². The van der Waals surface area contributed by atoms with Gasteiger partial charge in [-0.3, -0.25) is 9.36 Å². The lowest BCUT2D eigenvalue weighted by atomic mass is 10.1. The number of anilines is 1. The van der Waals surface area contributed by atoms with Crippen LogP contribution in [0.2, 0.25) is 0 Å². The van der Waals surface area contributed by atoms with Crippen LogP contribution in [0.3, 0.4) is 0 Å². The molecule has 2 aromatic carbocycles. The third-order valence-electron chi connectivity index (χ3n) is 6.05. The van der Waals surface area contributed by atoms with Crippen molar-refractivity contribution in [1.82, 2.24) is 24.3 Å². The molecule has 4 aromatic rings. The molecule has 1 aliphatic rings. The monoisotopic (exact) mass is 458 g/mol. The third kappa shape index (κ3) is 4.57. The molecule has 0 radical (unpaired) electrons. The first-order valence-electron chi connectivity index (χ1n) is 11.1. The highest BCUT2D eigenvalue weighted by atomic mass is 32.2. The van der Waals surface area contributed by atoms with E-state index in [1.54, 1.807) is 6.33 Å². The van der Waals surface area contributed by atoms with Crippen LogP contribution in [0.5, 0.6) is 0 Å². The fourth-order valence-corrected chi connectivity index (χ4v) is 4.80. The van der Waals surface area contributed by atoms with Gasteiger partial charge in [-0.1, -0.05) is 17.8 Å². The number of nitrogens with one attached hydrogen (secondary N) is 1. The van der Waals surface area contributed by atoms with Gasteiger partial charge in [0, 0.05) is 35.4 Å². The third-order valence-corrected chi connectivity index (χ3v) is 6.99. The minimum absolute atomic E-state index is 0.0828. The summed E-state index contributed by atoms with van der Waals surface area (Å²) in [6, 6.07) is 14.1. The van der Waals surface area contributed by atoms with Gasteiger partial charge in [0.05, 0.1) is 5.75 Å². The molecule has 0 unspecified atom stereocenters. The van der Waals surface area contributed by atoms with Gasteiger partial charge in [0.25, 0.3) is 0 Å². The van der Waals surface area contributed by atoms with E-state index in [0.29, 0.717) is 5.16 Å². The molecular formula is C25H26N6OS. The average Bonchev–Trinajstić information content (AvgIpc) is 3.47. The summed E-state index contributed by atoms with van der Waals surface area (Å²) in [5.41, 5.74) is 6.57. The Morgan fingerprint density at radius 2 is 1.94 bits per heavy atom. The van der Waals surface area contributed by atoms with Gasteiger partial charge < -0.3 is 9.88 Å². The largest absolute Gasteiger partial charge is 0.328 e. The van der Waals surface area contributed by atoms with Gasteiger partial charge in [0.1, 0.15) is 12.2 Å². The summed E-state index contributed by atoms with van der Waals surface area (Å²) in [6.45, 7) is 5.18. The van der Waals surface area contributed by atoms with E-state index in [4.69, 9.17) is 0 Å². The molecule has 5 rings (SSSR count). The predicted octanol–water partition coefficient (Wildman–Crippen LogP) is 4.81. The smallest absolute Gasteiger partial charge is 0.234 e. The molecule has 3 heterocycles. The fourth-order valence-electron chi connectivity index (χ4n) is 4.07. The molecule has 2 aromatic heterocycles. The Hall–Kier alpha value is -3.39. The van der Waals surface area contributed by atoms with Crippen LogP contribution in [0.25, 0.3) is 17.1 Å². The molecule has 0 saturated heterocycles. The highest BCUT2D eigenvalue weighted by molar-refractivity contribution is 7.99. The quantitative estimate of drug-likeness (QED) is 0.419. The molecule has 1 amide bonds. The molecule has 1 aliphatic heterocycles. The molecule has 0 fully saturated rings. The number of hydrogen-bond acceptors (Lipinski definition) is 5. The van der Waals surface area contributed by atoms with Gasteiger partial charge in [-0.15, -0.1) is 10.2 Å². The summed E-state index contributed by atoms with van der Waals surface area (Å²) < 4.78 is 4.21. The lowest BCUT2D eigenvalue weighted by Crippen LogP contribution is -2.14. The number of nitrogens with zero attached hydrogens (tertiary/aromatic N) is 5. The number of benzene rings is 2. The van der Waals surface area contributed by atoms with E-state index in [0.717, 1.165) is 35.7 Å². The maximum Gasteiger partial charge on any atom is 0.234 e. The van der Waals surface area contributed by atoms with Gasteiger partial charge in [-0.25, -0.2) is 4.98 Å². The Bertz CT molecular complexity index is 1290. The maximum atomic E-state index is 12.6. The zero-order chi connectivity index (χ0) is 22.8. The summed E-state index contributed by atoms with van der Waals surface area (Å²) in [7, 11) is 0. The van der Waals surface area contributed by atoms with Crippen LogP contribution in [-0.2, 0) is 17.8 Å². The Morgan fingerprint density at radius 3 is 2.76 bits per heavy atom. The molecule has 1 N–H and O–H groups in total. The molecule has 8 heteroatoms. The van der Waals surface area contributed by atoms with E-state index in [2.05, 4.69) is 51.0 Å². The van der Waals surface area contributed by atoms with E-state index in [1.165, 1.54) is 41.4 Å². The van der Waals surface area contributed by atoms with Crippen LogP contribution in [0.4, 0.5) is 5.69 Å². The first kappa shape index (κ1) is 21.5. The molecular weight excluding hydrogens is 432 g/mol. The van der Waals surface area contributed by atoms with E-state index < -0.39 is 0 Å². The second-order valence-corrected chi connectivity index (χ2v) is 9.29. The molecule has 168 valence electrons. The minimum Gasteiger partial charge on any atom is -0.328 e. The molecule has 0 atom stereocenters. The first-order chi connectivity index (χ1) is 16.1. The second-order valence-electron chi connectivity index (χ2n) is 8.35. The van der Waals surface area contributed by atoms with E-state index in [1.807, 2.05) is 41.1 Å². The topological polar surface area (TPSA) is 77.6 Å². The average molecular weight is 459 g/mol. The molecule has 0 spiro atoms. The summed E-state index contributed by atoms with van der Waals surface area (Å²) in [4.78, 5) is 17.2. The number of aryl methyl sites for hydroxylation is 3. The Kier molecular flexibility index (Phi) is 6.00. The maximum absolute atomic E-state index is 12.6. The number of thioether (sulfide) groups is 1. The molecule has 0 aliphatic carbocycles. The van der Waals surface area contributed by atoms with Gasteiger partial charge in [-0.05, 0) is 80.6 Å². The van der Waals surface area contributed by atoms with E-state index >= 15 is 0 Å². The molecule has 0 bridgehead atoms. The number of rotatable bonds is 6. The van der Waals surface area contributed by atoms with Crippen LogP contribution >= 0.6 is 11.8 Å². The van der Waals surface area contributed by atoms with Crippen molar-refractivity contribution >= 4 is 23.4 Å². The molecule has 33 heavy (non-hydrogen) atoms. The summed E-state index contributed by atoms with van der Waals surface area (Å²) >= 11 is 1.37. The standard InChI is InChI=1S/C25H26N6OS/c1-17-6-11-21(13-18(17)2)31-16-27-29-25(31)33-15-23(32)28-20-9-7-19(8-10-20)24-26-14-22-5-3-4-12-30(22)24/h6-11,13-14,16H,3-5,12,15H2,1-2H3,(H,28,32). The van der Waals surface area contributed by atoms with Crippen molar-refractivity contribution in [2.75, 3.05) is 11.1 Å². The number of aromatic nitrogens is 5. The van der Waals surface area contributed by atoms with E-state index in [-0.39, 0.29) is 11.7 Å². The predicted molar refractivity (Wildman–Crippen MR) is 131 cm³/mol. The van der Waals surface area contributed by atoms with Crippen molar-refractivity contribution in [2.24, 2.45) is 0 Å². The zero-order valence-corrected chi connectivity index (χ0v) is 19.6. The van der Waals surface area contributed by atoms with Crippen LogP contribution in [0.15, 0.2) is 60.1 Å². The van der Waals surface area contributed by atoms with Gasteiger partial charge >= 0.3 is 0 Å². The van der Waals surface area contributed by atoms with Crippen LogP contribution in [0.1, 0.15) is 29.7 Å². The summed E-state index contributed by atoms with van der Waals surface area (Å²) in [5.74, 6) is 1.17. The van der Waals surface area contributed by atoms with Gasteiger partial charge in [0.15, 0.2) is 5.16 Å². The number of amides is 1. The van der Waals surface area contributed by atoms with Crippen LogP contribution < -0.4 is 5.32 Å². The normalized spacial score (nSPS) is 13.0. The van der Waals surface area contributed by atoms with Gasteiger partial charge in [-0.2, -0.15) is 0 Å². The van der Waals surface area contributed by atoms with E-state index in [9.17, 15) is 4.79 Å². The van der Waals surface area contributed by atoms with Crippen LogP contribution in [-0.4, -0.2) is 36.0 Å². The lowest BCUT2D eigenvalue weighted by Gasteiger charge is -2.16. The number of carbonyl (C=O) groups excluding carboxylic acids is 1. The SMILES string of the molecule is Cc1ccc(-n2cnnc2SCC(=O)Nc2ccc(-c3ncc4n3CCCC4)cc2)cc1C. The van der Waals surface area contributed by atoms with Crippen molar-refractivity contribution in [3.63, 3.8) is 0 Å². The Balaban J connectivity index is 1.21. The lowest BCUT2D eigenvalue weighted by molar-refractivity contribution is -0.113. The number of carbonyl (C=O) groups is 1. The van der Waals surface area contributed by atoms with Crippen molar-refractivity contribution in [2.45, 2.75) is 44.8 Å². The highest BCUT2D eigenvalue weighted by Crippen LogP contribution is 2.26. The van der Waals surface area contributed by atoms with Gasteiger partial charge in [0.2, 0.25) is 5.91 Å². The number of fused-ring (bicyclic) bond motifs is 1. The number of hydrogen-bond donors (Lipinski definition) is 1. The van der Waals surface area contributed by atoms with Crippen molar-refractivity contribution in [1.29, 1.82) is 0 Å². The van der Waals surface area contributed by atoms with Crippen molar-refractivity contribution < 1.29 is 4.79 Å². The molecule has 7 nitrogen and oxygen atoms in total. The fraction of sp³-hybridized carbons (Fsp3) is 0.280. The Morgan fingerprint density at radius 1 is 1.09 bits per heavy atom. The number of imidazole rings is 1. The Labute approximate surface area is 197 Å². The summed E-state index contributed by atoms with van der Waals surface area (Å²) in [5, 5.41) is 11.9. The molecule has 0 saturated carbocycles. The minimum atomic E-state index is -0.0828. The first-order valence-corrected chi connectivity index (χ1v) is 12.1.